The lowest BCUT2D eigenvalue weighted by molar-refractivity contribution is 0.0947. The number of carbonyl (C=O) groups excluding carboxylic acids is 1. The first-order valence-corrected chi connectivity index (χ1v) is 8.79. The van der Waals surface area contributed by atoms with Gasteiger partial charge >= 0.3 is 0 Å². The molecule has 25 heavy (non-hydrogen) atoms. The lowest BCUT2D eigenvalue weighted by Crippen LogP contribution is -2.23. The smallest absolute Gasteiger partial charge is 0.255 e. The third kappa shape index (κ3) is 5.13. The second-order valence-corrected chi connectivity index (χ2v) is 6.28. The molecule has 0 aliphatic rings. The molecule has 2 aromatic rings. The van der Waals surface area contributed by atoms with Gasteiger partial charge < -0.3 is 19.5 Å². The van der Waals surface area contributed by atoms with E-state index < -0.39 is 0 Å². The maximum absolute atomic E-state index is 12.4. The highest BCUT2D eigenvalue weighted by molar-refractivity contribution is 9.10. The molecule has 0 saturated carbocycles. The summed E-state index contributed by atoms with van der Waals surface area (Å²) >= 11 is 3.37. The summed E-state index contributed by atoms with van der Waals surface area (Å²) in [6.45, 7) is 3.06. The minimum absolute atomic E-state index is 0.205. The number of rotatable bonds is 8. The summed E-state index contributed by atoms with van der Waals surface area (Å²) in [5.74, 6) is 1.68. The maximum Gasteiger partial charge on any atom is 0.255 e. The Hall–Kier alpha value is -2.21. The van der Waals surface area contributed by atoms with Crippen LogP contribution in [0.1, 0.15) is 29.3 Å². The second-order valence-electron chi connectivity index (χ2n) is 5.36. The number of methoxy groups -OCH3 is 2. The van der Waals surface area contributed by atoms with Crippen molar-refractivity contribution in [1.29, 1.82) is 0 Å². The summed E-state index contributed by atoms with van der Waals surface area (Å²) in [4.78, 5) is 12.4. The van der Waals surface area contributed by atoms with Gasteiger partial charge in [-0.15, -0.1) is 0 Å². The fourth-order valence-corrected chi connectivity index (χ4v) is 2.65. The molecule has 134 valence electrons. The van der Waals surface area contributed by atoms with Gasteiger partial charge in [-0.3, -0.25) is 4.79 Å². The molecular weight excluding hydrogens is 386 g/mol. The molecule has 0 aliphatic carbocycles. The summed E-state index contributed by atoms with van der Waals surface area (Å²) < 4.78 is 17.1. The molecule has 6 heteroatoms. The van der Waals surface area contributed by atoms with Crippen molar-refractivity contribution in [2.45, 2.75) is 19.9 Å². The first-order valence-electron chi connectivity index (χ1n) is 8.00. The highest BCUT2D eigenvalue weighted by Crippen LogP contribution is 2.28. The second kappa shape index (κ2) is 9.32. The predicted molar refractivity (Wildman–Crippen MR) is 101 cm³/mol. The Bertz CT molecular complexity index is 733. The molecule has 0 spiro atoms. The average Bonchev–Trinajstić information content (AvgIpc) is 2.64. The first kappa shape index (κ1) is 19.1. The molecule has 0 heterocycles. The number of hydrogen-bond acceptors (Lipinski definition) is 4. The Morgan fingerprint density at radius 2 is 1.76 bits per heavy atom. The third-order valence-electron chi connectivity index (χ3n) is 3.55. The van der Waals surface area contributed by atoms with E-state index in [1.54, 1.807) is 26.4 Å². The zero-order valence-corrected chi connectivity index (χ0v) is 16.2. The normalized spacial score (nSPS) is 10.2. The zero-order chi connectivity index (χ0) is 18.2. The van der Waals surface area contributed by atoms with Crippen LogP contribution in [0.3, 0.4) is 0 Å². The summed E-state index contributed by atoms with van der Waals surface area (Å²) in [5.41, 5.74) is 1.40. The molecule has 0 atom stereocenters. The van der Waals surface area contributed by atoms with Crippen LogP contribution in [-0.4, -0.2) is 26.7 Å². The van der Waals surface area contributed by atoms with Crippen LogP contribution in [0.2, 0.25) is 0 Å². The molecule has 0 radical (unpaired) electrons. The minimum Gasteiger partial charge on any atom is -0.496 e. The van der Waals surface area contributed by atoms with Crippen molar-refractivity contribution >= 4 is 21.8 Å². The van der Waals surface area contributed by atoms with E-state index >= 15 is 0 Å². The van der Waals surface area contributed by atoms with Crippen molar-refractivity contribution in [3.05, 3.63) is 52.0 Å². The van der Waals surface area contributed by atoms with Crippen molar-refractivity contribution in [2.75, 3.05) is 20.8 Å². The molecule has 0 fully saturated rings. The third-order valence-corrected chi connectivity index (χ3v) is 4.04. The lowest BCUT2D eigenvalue weighted by atomic mass is 10.1. The SMILES string of the molecule is CCCOc1ccc(CNC(=O)c2cc(Br)ccc2OC)cc1OC. The van der Waals surface area contributed by atoms with E-state index in [2.05, 4.69) is 21.2 Å². The first-order chi connectivity index (χ1) is 12.1. The summed E-state index contributed by atoms with van der Waals surface area (Å²) in [7, 11) is 3.14. The van der Waals surface area contributed by atoms with Crippen LogP contribution in [0.4, 0.5) is 0 Å². The highest BCUT2D eigenvalue weighted by Gasteiger charge is 2.13. The quantitative estimate of drug-likeness (QED) is 0.712. The van der Waals surface area contributed by atoms with Crippen LogP contribution in [-0.2, 0) is 6.54 Å². The van der Waals surface area contributed by atoms with Crippen LogP contribution in [0.5, 0.6) is 17.2 Å². The molecule has 5 nitrogen and oxygen atoms in total. The van der Waals surface area contributed by atoms with E-state index in [0.717, 1.165) is 16.5 Å². The minimum atomic E-state index is -0.205. The van der Waals surface area contributed by atoms with Crippen molar-refractivity contribution in [2.24, 2.45) is 0 Å². The molecule has 0 saturated heterocycles. The summed E-state index contributed by atoms with van der Waals surface area (Å²) in [6, 6.07) is 10.9. The number of nitrogens with one attached hydrogen (secondary N) is 1. The fourth-order valence-electron chi connectivity index (χ4n) is 2.29. The number of ether oxygens (including phenoxy) is 3. The summed E-state index contributed by atoms with van der Waals surface area (Å²) in [5, 5.41) is 2.89. The number of hydrogen-bond donors (Lipinski definition) is 1. The highest BCUT2D eigenvalue weighted by atomic mass is 79.9. The molecule has 1 amide bonds. The van der Waals surface area contributed by atoms with Gasteiger partial charge in [-0.25, -0.2) is 0 Å². The zero-order valence-electron chi connectivity index (χ0n) is 14.6. The van der Waals surface area contributed by atoms with Crippen molar-refractivity contribution in [3.8, 4) is 17.2 Å². The van der Waals surface area contributed by atoms with Crippen molar-refractivity contribution in [3.63, 3.8) is 0 Å². The molecule has 0 aliphatic heterocycles. The van der Waals surface area contributed by atoms with Crippen LogP contribution in [0.25, 0.3) is 0 Å². The molecule has 1 N–H and O–H groups in total. The van der Waals surface area contributed by atoms with Gasteiger partial charge in [0.1, 0.15) is 5.75 Å². The molecule has 0 aromatic heterocycles. The van der Waals surface area contributed by atoms with Gasteiger partial charge in [0.15, 0.2) is 11.5 Å². The van der Waals surface area contributed by atoms with Gasteiger partial charge in [-0.2, -0.15) is 0 Å². The molecule has 0 bridgehead atoms. The predicted octanol–water partition coefficient (Wildman–Crippen LogP) is 4.19. The van der Waals surface area contributed by atoms with E-state index in [0.29, 0.717) is 36.0 Å². The molecule has 2 aromatic carbocycles. The number of benzene rings is 2. The summed E-state index contributed by atoms with van der Waals surface area (Å²) in [6.07, 6.45) is 0.926. The van der Waals surface area contributed by atoms with Crippen LogP contribution in [0, 0.1) is 0 Å². The van der Waals surface area contributed by atoms with Gasteiger partial charge in [-0.1, -0.05) is 28.9 Å². The van der Waals surface area contributed by atoms with Gasteiger partial charge in [-0.05, 0) is 42.3 Å². The van der Waals surface area contributed by atoms with Crippen LogP contribution in [0.15, 0.2) is 40.9 Å². The van der Waals surface area contributed by atoms with Crippen LogP contribution < -0.4 is 19.5 Å². The van der Waals surface area contributed by atoms with E-state index in [9.17, 15) is 4.79 Å². The Balaban J connectivity index is 2.08. The van der Waals surface area contributed by atoms with Crippen LogP contribution >= 0.6 is 15.9 Å². The van der Waals surface area contributed by atoms with Gasteiger partial charge in [0.2, 0.25) is 0 Å². The standard InChI is InChI=1S/C19H22BrNO4/c1-4-9-25-17-7-5-13(10-18(17)24-3)12-21-19(22)15-11-14(20)6-8-16(15)23-2/h5-8,10-11H,4,9,12H2,1-3H3,(H,21,22). The Labute approximate surface area is 156 Å². The van der Waals surface area contributed by atoms with Gasteiger partial charge in [0.25, 0.3) is 5.91 Å². The average molecular weight is 408 g/mol. The largest absolute Gasteiger partial charge is 0.496 e. The fraction of sp³-hybridized carbons (Fsp3) is 0.316. The topological polar surface area (TPSA) is 56.8 Å². The number of carbonyl (C=O) groups is 1. The molecular formula is C19H22BrNO4. The monoisotopic (exact) mass is 407 g/mol. The van der Waals surface area contributed by atoms with Gasteiger partial charge in [0, 0.05) is 11.0 Å². The van der Waals surface area contributed by atoms with Crippen molar-refractivity contribution < 1.29 is 19.0 Å². The number of halogens is 1. The Morgan fingerprint density at radius 1 is 1.04 bits per heavy atom. The lowest BCUT2D eigenvalue weighted by Gasteiger charge is -2.13. The molecule has 2 rings (SSSR count). The number of amides is 1. The Kier molecular flexibility index (Phi) is 7.13. The van der Waals surface area contributed by atoms with Crippen molar-refractivity contribution in [1.82, 2.24) is 5.32 Å². The molecule has 0 unspecified atom stereocenters. The van der Waals surface area contributed by atoms with E-state index in [1.165, 1.54) is 0 Å². The Morgan fingerprint density at radius 3 is 2.44 bits per heavy atom. The maximum atomic E-state index is 12.4. The van der Waals surface area contributed by atoms with Gasteiger partial charge in [0.05, 0.1) is 26.4 Å². The van der Waals surface area contributed by atoms with E-state index in [1.807, 2.05) is 31.2 Å². The van der Waals surface area contributed by atoms with E-state index in [-0.39, 0.29) is 5.91 Å². The van der Waals surface area contributed by atoms with E-state index in [4.69, 9.17) is 14.2 Å².